The number of nitrogens with zero attached hydrogens (tertiary/aromatic N) is 1. The molecule has 2 fully saturated rings. The molecule has 2 N–H and O–H groups in total. The molecule has 2 aliphatic rings. The van der Waals surface area contributed by atoms with Gasteiger partial charge in [-0.05, 0) is 38.3 Å². The summed E-state index contributed by atoms with van der Waals surface area (Å²) in [6.07, 6.45) is 3.77. The molecule has 2 unspecified atom stereocenters. The average Bonchev–Trinajstić information content (AvgIpc) is 3.25. The molecule has 0 radical (unpaired) electrons. The minimum atomic E-state index is -0.291. The molecule has 0 aromatic heterocycles. The average molecular weight is 361 g/mol. The van der Waals surface area contributed by atoms with Gasteiger partial charge in [0.15, 0.2) is 0 Å². The predicted octanol–water partition coefficient (Wildman–Crippen LogP) is 2.38. The van der Waals surface area contributed by atoms with E-state index in [2.05, 4.69) is 10.6 Å². The zero-order valence-electron chi connectivity index (χ0n) is 15.2. The van der Waals surface area contributed by atoms with E-state index in [1.165, 1.54) is 0 Å². The second-order valence-electron chi connectivity index (χ2n) is 6.92. The smallest absolute Gasteiger partial charge is 0.319 e. The Hall–Kier alpha value is -2.28. The van der Waals surface area contributed by atoms with Crippen LogP contribution in [0.3, 0.4) is 0 Å². The van der Waals surface area contributed by atoms with Crippen molar-refractivity contribution in [2.45, 2.75) is 44.8 Å². The van der Waals surface area contributed by atoms with Crippen LogP contribution < -0.4 is 15.4 Å². The fourth-order valence-corrected chi connectivity index (χ4v) is 3.29. The van der Waals surface area contributed by atoms with Gasteiger partial charge in [-0.1, -0.05) is 6.07 Å². The molecule has 0 spiro atoms. The molecule has 0 bridgehead atoms. The van der Waals surface area contributed by atoms with E-state index in [4.69, 9.17) is 9.47 Å². The first-order chi connectivity index (χ1) is 12.6. The van der Waals surface area contributed by atoms with E-state index < -0.39 is 0 Å². The Morgan fingerprint density at radius 2 is 2.31 bits per heavy atom. The summed E-state index contributed by atoms with van der Waals surface area (Å²) < 4.78 is 11.3. The van der Waals surface area contributed by atoms with Gasteiger partial charge < -0.3 is 25.0 Å². The quantitative estimate of drug-likeness (QED) is 0.781. The van der Waals surface area contributed by atoms with Crippen LogP contribution in [0.5, 0.6) is 5.75 Å². The molecule has 1 aromatic carbocycles. The van der Waals surface area contributed by atoms with Gasteiger partial charge in [-0.25, -0.2) is 4.79 Å². The Morgan fingerprint density at radius 3 is 3.04 bits per heavy atom. The molecule has 0 aliphatic carbocycles. The number of hydrogen-bond acceptors (Lipinski definition) is 4. The van der Waals surface area contributed by atoms with Crippen molar-refractivity contribution in [3.05, 3.63) is 24.3 Å². The lowest BCUT2D eigenvalue weighted by Crippen LogP contribution is -2.44. The molecule has 2 aliphatic heterocycles. The van der Waals surface area contributed by atoms with Gasteiger partial charge in [0.25, 0.3) is 0 Å². The van der Waals surface area contributed by atoms with Crippen LogP contribution in [-0.2, 0) is 9.53 Å². The summed E-state index contributed by atoms with van der Waals surface area (Å²) in [6.45, 7) is 4.53. The van der Waals surface area contributed by atoms with Crippen molar-refractivity contribution >= 4 is 17.6 Å². The van der Waals surface area contributed by atoms with Crippen molar-refractivity contribution in [1.82, 2.24) is 10.2 Å². The highest BCUT2D eigenvalue weighted by Crippen LogP contribution is 2.19. The molecular weight excluding hydrogens is 334 g/mol. The summed E-state index contributed by atoms with van der Waals surface area (Å²) in [5, 5.41) is 5.68. The Labute approximate surface area is 154 Å². The molecule has 2 heterocycles. The van der Waals surface area contributed by atoms with Crippen molar-refractivity contribution in [2.24, 2.45) is 0 Å². The van der Waals surface area contributed by atoms with E-state index in [9.17, 15) is 9.59 Å². The molecule has 2 saturated heterocycles. The minimum Gasteiger partial charge on any atom is -0.491 e. The Morgan fingerprint density at radius 1 is 1.42 bits per heavy atom. The largest absolute Gasteiger partial charge is 0.491 e. The van der Waals surface area contributed by atoms with Gasteiger partial charge >= 0.3 is 6.03 Å². The SMILES string of the molecule is CC(CN1CCCC1=O)NC(=O)Nc1cccc(OCC2CCCO2)c1. The van der Waals surface area contributed by atoms with Crippen LogP contribution in [0.1, 0.15) is 32.6 Å². The lowest BCUT2D eigenvalue weighted by atomic mass is 10.2. The van der Waals surface area contributed by atoms with Gasteiger partial charge in [0.05, 0.1) is 6.10 Å². The van der Waals surface area contributed by atoms with Crippen LogP contribution >= 0.6 is 0 Å². The van der Waals surface area contributed by atoms with E-state index in [1.807, 2.05) is 25.1 Å². The van der Waals surface area contributed by atoms with E-state index in [0.717, 1.165) is 32.4 Å². The standard InChI is InChI=1S/C19H27N3O4/c1-14(12-22-9-3-8-18(22)23)20-19(24)21-15-5-2-6-16(11-15)26-13-17-7-4-10-25-17/h2,5-6,11,14,17H,3-4,7-10,12-13H2,1H3,(H2,20,21,24). The summed E-state index contributed by atoms with van der Waals surface area (Å²) in [5.74, 6) is 0.865. The number of likely N-dealkylation sites (tertiary alicyclic amines) is 1. The van der Waals surface area contributed by atoms with Gasteiger partial charge in [0, 0.05) is 43.9 Å². The fraction of sp³-hybridized carbons (Fsp3) is 0.579. The van der Waals surface area contributed by atoms with Crippen LogP contribution in [0.15, 0.2) is 24.3 Å². The second kappa shape index (κ2) is 8.89. The van der Waals surface area contributed by atoms with E-state index >= 15 is 0 Å². The second-order valence-corrected chi connectivity index (χ2v) is 6.92. The summed E-state index contributed by atoms with van der Waals surface area (Å²) in [6, 6.07) is 6.90. The van der Waals surface area contributed by atoms with Gasteiger partial charge in [0.1, 0.15) is 12.4 Å². The molecule has 0 saturated carbocycles. The van der Waals surface area contributed by atoms with Gasteiger partial charge in [0.2, 0.25) is 5.91 Å². The first-order valence-electron chi connectivity index (χ1n) is 9.30. The zero-order valence-corrected chi connectivity index (χ0v) is 15.2. The molecule has 7 heteroatoms. The maximum Gasteiger partial charge on any atom is 0.319 e. The fourth-order valence-electron chi connectivity index (χ4n) is 3.29. The van der Waals surface area contributed by atoms with Crippen LogP contribution in [0, 0.1) is 0 Å². The maximum atomic E-state index is 12.2. The first kappa shape index (κ1) is 18.5. The molecule has 1 aromatic rings. The van der Waals surface area contributed by atoms with Gasteiger partial charge in [-0.2, -0.15) is 0 Å². The van der Waals surface area contributed by atoms with E-state index in [1.54, 1.807) is 11.0 Å². The first-order valence-corrected chi connectivity index (χ1v) is 9.30. The number of anilines is 1. The van der Waals surface area contributed by atoms with Crippen molar-refractivity contribution in [1.29, 1.82) is 0 Å². The van der Waals surface area contributed by atoms with Crippen molar-refractivity contribution in [3.8, 4) is 5.75 Å². The number of benzene rings is 1. The monoisotopic (exact) mass is 361 g/mol. The third kappa shape index (κ3) is 5.36. The van der Waals surface area contributed by atoms with Crippen LogP contribution in [-0.4, -0.2) is 55.3 Å². The number of hydrogen-bond donors (Lipinski definition) is 2. The number of ether oxygens (including phenoxy) is 2. The summed E-state index contributed by atoms with van der Waals surface area (Å²) in [5.41, 5.74) is 0.664. The van der Waals surface area contributed by atoms with Gasteiger partial charge in [-0.15, -0.1) is 0 Å². The predicted molar refractivity (Wildman–Crippen MR) is 98.3 cm³/mol. The highest BCUT2D eigenvalue weighted by molar-refractivity contribution is 5.89. The summed E-state index contributed by atoms with van der Waals surface area (Å²) in [7, 11) is 0. The van der Waals surface area contributed by atoms with Crippen LogP contribution in [0.4, 0.5) is 10.5 Å². The van der Waals surface area contributed by atoms with E-state index in [-0.39, 0.29) is 24.1 Å². The number of carbonyl (C=O) groups is 2. The van der Waals surface area contributed by atoms with Crippen molar-refractivity contribution in [2.75, 3.05) is 31.6 Å². The highest BCUT2D eigenvalue weighted by atomic mass is 16.5. The summed E-state index contributed by atoms with van der Waals surface area (Å²) in [4.78, 5) is 25.6. The molecule has 142 valence electrons. The topological polar surface area (TPSA) is 79.9 Å². The molecule has 26 heavy (non-hydrogen) atoms. The normalized spacial score (nSPS) is 20.9. The maximum absolute atomic E-state index is 12.2. The van der Waals surface area contributed by atoms with Crippen LogP contribution in [0.2, 0.25) is 0 Å². The highest BCUT2D eigenvalue weighted by Gasteiger charge is 2.22. The lowest BCUT2D eigenvalue weighted by molar-refractivity contribution is -0.127. The molecule has 3 amide bonds. The number of rotatable bonds is 7. The summed E-state index contributed by atoms with van der Waals surface area (Å²) >= 11 is 0. The number of carbonyl (C=O) groups excluding carboxylic acids is 2. The Kier molecular flexibility index (Phi) is 6.33. The molecule has 3 rings (SSSR count). The Bertz CT molecular complexity index is 631. The van der Waals surface area contributed by atoms with Crippen molar-refractivity contribution in [3.63, 3.8) is 0 Å². The third-order valence-corrected chi connectivity index (χ3v) is 4.59. The van der Waals surface area contributed by atoms with E-state index in [0.29, 0.717) is 31.0 Å². The molecular formula is C19H27N3O4. The zero-order chi connectivity index (χ0) is 18.4. The molecule has 2 atom stereocenters. The number of amides is 3. The minimum absolute atomic E-state index is 0.115. The Balaban J connectivity index is 1.44. The van der Waals surface area contributed by atoms with Crippen molar-refractivity contribution < 1.29 is 19.1 Å². The number of nitrogens with one attached hydrogen (secondary N) is 2. The molecule has 7 nitrogen and oxygen atoms in total. The van der Waals surface area contributed by atoms with Gasteiger partial charge in [-0.3, -0.25) is 4.79 Å². The lowest BCUT2D eigenvalue weighted by Gasteiger charge is -2.21. The van der Waals surface area contributed by atoms with Crippen LogP contribution in [0.25, 0.3) is 0 Å². The third-order valence-electron chi connectivity index (χ3n) is 4.59. The number of urea groups is 1.